The predicted molar refractivity (Wildman–Crippen MR) is 69.7 cm³/mol. The third-order valence-corrected chi connectivity index (χ3v) is 3.82. The molecule has 1 heterocycles. The molecular formula is C14H26N2. The Labute approximate surface area is 100 Å². The zero-order valence-corrected chi connectivity index (χ0v) is 10.5. The summed E-state index contributed by atoms with van der Waals surface area (Å²) in [5.41, 5.74) is 0. The van der Waals surface area contributed by atoms with Crippen molar-refractivity contribution in [2.45, 2.75) is 57.0 Å². The second kappa shape index (κ2) is 6.41. The molecule has 2 aliphatic rings. The van der Waals surface area contributed by atoms with Crippen LogP contribution in [0.2, 0.25) is 0 Å². The Bertz CT molecular complexity index is 211. The van der Waals surface area contributed by atoms with Gasteiger partial charge in [0.1, 0.15) is 0 Å². The van der Waals surface area contributed by atoms with Crippen molar-refractivity contribution in [2.75, 3.05) is 19.6 Å². The summed E-state index contributed by atoms with van der Waals surface area (Å²) in [5.74, 6) is 0. The molecule has 0 radical (unpaired) electrons. The van der Waals surface area contributed by atoms with Crippen molar-refractivity contribution in [3.8, 4) is 0 Å². The molecule has 2 nitrogen and oxygen atoms in total. The van der Waals surface area contributed by atoms with E-state index in [1.807, 2.05) is 6.08 Å². The van der Waals surface area contributed by atoms with Gasteiger partial charge in [-0.15, -0.1) is 6.58 Å². The van der Waals surface area contributed by atoms with Crippen molar-refractivity contribution in [1.29, 1.82) is 0 Å². The number of nitrogens with one attached hydrogen (secondary N) is 1. The third kappa shape index (κ3) is 3.91. The van der Waals surface area contributed by atoms with Gasteiger partial charge in [0.2, 0.25) is 0 Å². The highest BCUT2D eigenvalue weighted by molar-refractivity contribution is 4.86. The van der Waals surface area contributed by atoms with Crippen molar-refractivity contribution >= 4 is 0 Å². The maximum Gasteiger partial charge on any atom is 0.0220 e. The van der Waals surface area contributed by atoms with Gasteiger partial charge in [-0.2, -0.15) is 0 Å². The van der Waals surface area contributed by atoms with Gasteiger partial charge in [0, 0.05) is 18.6 Å². The fraction of sp³-hybridized carbons (Fsp3) is 0.857. The fourth-order valence-electron chi connectivity index (χ4n) is 2.61. The lowest BCUT2D eigenvalue weighted by Crippen LogP contribution is -2.46. The van der Waals surface area contributed by atoms with Crippen molar-refractivity contribution in [1.82, 2.24) is 10.2 Å². The summed E-state index contributed by atoms with van der Waals surface area (Å²) in [6.07, 6.45) is 11.5. The minimum atomic E-state index is 0.805. The van der Waals surface area contributed by atoms with E-state index in [2.05, 4.69) is 16.8 Å². The first-order valence-corrected chi connectivity index (χ1v) is 6.98. The van der Waals surface area contributed by atoms with Crippen LogP contribution in [0.4, 0.5) is 0 Å². The third-order valence-electron chi connectivity index (χ3n) is 3.82. The first kappa shape index (κ1) is 12.1. The Morgan fingerprint density at radius 3 is 2.88 bits per heavy atom. The second-order valence-electron chi connectivity index (χ2n) is 5.30. The van der Waals surface area contributed by atoms with Gasteiger partial charge in [-0.3, -0.25) is 4.90 Å². The summed E-state index contributed by atoms with van der Waals surface area (Å²) in [5, 5.41) is 3.68. The Morgan fingerprint density at radius 1 is 1.25 bits per heavy atom. The van der Waals surface area contributed by atoms with Gasteiger partial charge in [-0.05, 0) is 51.6 Å². The number of hydrogen-bond donors (Lipinski definition) is 1. The van der Waals surface area contributed by atoms with Crippen LogP contribution in [-0.4, -0.2) is 36.6 Å². The molecular weight excluding hydrogens is 196 g/mol. The van der Waals surface area contributed by atoms with Crippen LogP contribution in [0.1, 0.15) is 44.9 Å². The molecule has 1 saturated carbocycles. The second-order valence-corrected chi connectivity index (χ2v) is 5.30. The molecule has 1 unspecified atom stereocenters. The average Bonchev–Trinajstić information content (AvgIpc) is 3.12. The van der Waals surface area contributed by atoms with Gasteiger partial charge in [0.05, 0.1) is 0 Å². The van der Waals surface area contributed by atoms with Gasteiger partial charge < -0.3 is 5.32 Å². The highest BCUT2D eigenvalue weighted by Crippen LogP contribution is 2.21. The van der Waals surface area contributed by atoms with E-state index in [4.69, 9.17) is 0 Å². The van der Waals surface area contributed by atoms with E-state index in [0.29, 0.717) is 0 Å². The maximum atomic E-state index is 3.80. The van der Waals surface area contributed by atoms with Crippen LogP contribution in [0.25, 0.3) is 0 Å². The van der Waals surface area contributed by atoms with Gasteiger partial charge in [-0.25, -0.2) is 0 Å². The van der Waals surface area contributed by atoms with E-state index in [1.54, 1.807) is 0 Å². The Hall–Kier alpha value is -0.340. The first-order valence-electron chi connectivity index (χ1n) is 6.98. The van der Waals surface area contributed by atoms with Crippen LogP contribution in [0, 0.1) is 0 Å². The van der Waals surface area contributed by atoms with Crippen LogP contribution < -0.4 is 5.32 Å². The van der Waals surface area contributed by atoms with Crippen LogP contribution in [0.3, 0.4) is 0 Å². The number of hydrogen-bond acceptors (Lipinski definition) is 2. The molecule has 2 heteroatoms. The van der Waals surface area contributed by atoms with E-state index in [1.165, 1.54) is 64.6 Å². The van der Waals surface area contributed by atoms with Crippen LogP contribution in [0.5, 0.6) is 0 Å². The van der Waals surface area contributed by atoms with Crippen molar-refractivity contribution < 1.29 is 0 Å². The smallest absolute Gasteiger partial charge is 0.0220 e. The van der Waals surface area contributed by atoms with E-state index in [9.17, 15) is 0 Å². The molecule has 2 fully saturated rings. The zero-order chi connectivity index (χ0) is 11.2. The molecule has 92 valence electrons. The van der Waals surface area contributed by atoms with Crippen molar-refractivity contribution in [3.63, 3.8) is 0 Å². The highest BCUT2D eigenvalue weighted by atomic mass is 15.2. The Balaban J connectivity index is 1.69. The van der Waals surface area contributed by atoms with Crippen LogP contribution in [-0.2, 0) is 0 Å². The van der Waals surface area contributed by atoms with Crippen molar-refractivity contribution in [3.05, 3.63) is 12.7 Å². The maximum absolute atomic E-state index is 3.80. The lowest BCUT2D eigenvalue weighted by atomic mass is 10.0. The molecule has 1 N–H and O–H groups in total. The highest BCUT2D eigenvalue weighted by Gasteiger charge is 2.25. The molecule has 0 spiro atoms. The molecule has 1 saturated heterocycles. The van der Waals surface area contributed by atoms with Crippen LogP contribution in [0.15, 0.2) is 12.7 Å². The molecule has 0 amide bonds. The van der Waals surface area contributed by atoms with E-state index in [-0.39, 0.29) is 0 Å². The number of likely N-dealkylation sites (tertiary alicyclic amines) is 1. The number of piperidine rings is 1. The normalized spacial score (nSPS) is 26.9. The summed E-state index contributed by atoms with van der Waals surface area (Å²) >= 11 is 0. The van der Waals surface area contributed by atoms with E-state index < -0.39 is 0 Å². The molecule has 1 aliphatic carbocycles. The summed E-state index contributed by atoms with van der Waals surface area (Å²) in [6.45, 7) is 7.60. The lowest BCUT2D eigenvalue weighted by Gasteiger charge is -2.36. The molecule has 16 heavy (non-hydrogen) atoms. The molecule has 0 bridgehead atoms. The molecule has 0 aromatic carbocycles. The molecule has 1 atom stereocenters. The number of nitrogens with zero attached hydrogens (tertiary/aromatic N) is 1. The summed E-state index contributed by atoms with van der Waals surface area (Å²) < 4.78 is 0. The van der Waals surface area contributed by atoms with Crippen LogP contribution >= 0.6 is 0 Å². The largest absolute Gasteiger partial charge is 0.312 e. The Morgan fingerprint density at radius 2 is 2.12 bits per heavy atom. The molecule has 2 rings (SSSR count). The number of rotatable bonds is 7. The molecule has 0 aromatic heterocycles. The van der Waals surface area contributed by atoms with E-state index >= 15 is 0 Å². The summed E-state index contributed by atoms with van der Waals surface area (Å²) in [6, 6.07) is 1.66. The van der Waals surface area contributed by atoms with Gasteiger partial charge in [0.25, 0.3) is 0 Å². The average molecular weight is 222 g/mol. The van der Waals surface area contributed by atoms with Gasteiger partial charge >= 0.3 is 0 Å². The van der Waals surface area contributed by atoms with E-state index in [0.717, 1.165) is 12.1 Å². The zero-order valence-electron chi connectivity index (χ0n) is 10.5. The minimum absolute atomic E-state index is 0.805. The first-order chi connectivity index (χ1) is 7.90. The summed E-state index contributed by atoms with van der Waals surface area (Å²) in [7, 11) is 0. The number of allylic oxidation sites excluding steroid dienone is 1. The fourth-order valence-corrected chi connectivity index (χ4v) is 2.61. The topological polar surface area (TPSA) is 15.3 Å². The van der Waals surface area contributed by atoms with Gasteiger partial charge in [-0.1, -0.05) is 12.5 Å². The SMILES string of the molecule is C=CCCCN1CCCCC1CNC1CC1. The van der Waals surface area contributed by atoms with Gasteiger partial charge in [0.15, 0.2) is 0 Å². The molecule has 1 aliphatic heterocycles. The molecule has 0 aromatic rings. The lowest BCUT2D eigenvalue weighted by molar-refractivity contribution is 0.144. The Kier molecular flexibility index (Phi) is 4.86. The predicted octanol–water partition coefficient (Wildman–Crippen LogP) is 2.56. The quantitative estimate of drug-likeness (QED) is 0.526. The van der Waals surface area contributed by atoms with Crippen molar-refractivity contribution in [2.24, 2.45) is 0 Å². The monoisotopic (exact) mass is 222 g/mol. The number of unbranched alkanes of at least 4 members (excludes halogenated alkanes) is 1. The standard InChI is InChI=1S/C14H26N2/c1-2-3-5-10-16-11-6-4-7-14(16)12-15-13-8-9-13/h2,13-15H,1,3-12H2. The summed E-state index contributed by atoms with van der Waals surface area (Å²) in [4.78, 5) is 2.70. The minimum Gasteiger partial charge on any atom is -0.312 e.